The lowest BCUT2D eigenvalue weighted by atomic mass is 10.1. The lowest BCUT2D eigenvalue weighted by molar-refractivity contribution is -0.130. The molecule has 0 aliphatic carbocycles. The number of carbonyl (C=O) groups excluding carboxylic acids is 1. The van der Waals surface area contributed by atoms with Crippen LogP contribution in [0.1, 0.15) is 17.0 Å². The number of aromatic nitrogens is 1. The molecule has 0 radical (unpaired) electrons. The molecule has 118 valence electrons. The van der Waals surface area contributed by atoms with Gasteiger partial charge in [-0.2, -0.15) is 0 Å². The number of likely N-dealkylation sites (tertiary alicyclic amines) is 1. The first kappa shape index (κ1) is 16.4. The summed E-state index contributed by atoms with van der Waals surface area (Å²) < 4.78 is 0. The zero-order chi connectivity index (χ0) is 15.4. The minimum absolute atomic E-state index is 0.253. The molecule has 0 unspecified atom stereocenters. The normalized spacial score (nSPS) is 19.0. The van der Waals surface area contributed by atoms with E-state index >= 15 is 0 Å². The number of hydrogen-bond acceptors (Lipinski definition) is 5. The quantitative estimate of drug-likeness (QED) is 0.794. The molecule has 0 aromatic carbocycles. The summed E-state index contributed by atoms with van der Waals surface area (Å²) in [7, 11) is 6.04. The molecule has 5 nitrogen and oxygen atoms in total. The summed E-state index contributed by atoms with van der Waals surface area (Å²) in [6, 6.07) is 0. The maximum atomic E-state index is 12.1. The van der Waals surface area contributed by atoms with Crippen LogP contribution in [0.4, 0.5) is 0 Å². The minimum Gasteiger partial charge on any atom is -0.341 e. The Labute approximate surface area is 131 Å². The molecule has 1 amide bonds. The number of carbonyl (C=O) groups is 1. The molecule has 1 saturated heterocycles. The first-order valence-electron chi connectivity index (χ1n) is 7.45. The minimum atomic E-state index is 0.253. The molecule has 1 aromatic rings. The van der Waals surface area contributed by atoms with Crippen LogP contribution in [-0.4, -0.2) is 72.9 Å². The van der Waals surface area contributed by atoms with Crippen molar-refractivity contribution in [1.29, 1.82) is 0 Å². The van der Waals surface area contributed by atoms with Gasteiger partial charge in [-0.05, 0) is 40.4 Å². The highest BCUT2D eigenvalue weighted by Crippen LogP contribution is 2.20. The van der Waals surface area contributed by atoms with Gasteiger partial charge in [-0.15, -0.1) is 11.3 Å². The van der Waals surface area contributed by atoms with E-state index in [1.165, 1.54) is 4.88 Å². The molecule has 1 aliphatic rings. The van der Waals surface area contributed by atoms with Crippen LogP contribution in [0.15, 0.2) is 5.51 Å². The highest BCUT2D eigenvalue weighted by molar-refractivity contribution is 7.09. The maximum absolute atomic E-state index is 12.1. The molecule has 0 spiro atoms. The van der Waals surface area contributed by atoms with Crippen LogP contribution in [0.25, 0.3) is 0 Å². The lowest BCUT2D eigenvalue weighted by Gasteiger charge is -2.22. The molecule has 0 saturated carbocycles. The molecular formula is C15H26N4OS. The van der Waals surface area contributed by atoms with Gasteiger partial charge >= 0.3 is 0 Å². The van der Waals surface area contributed by atoms with Crippen molar-refractivity contribution in [1.82, 2.24) is 19.7 Å². The van der Waals surface area contributed by atoms with Crippen LogP contribution in [0.2, 0.25) is 0 Å². The predicted octanol–water partition coefficient (Wildman–Crippen LogP) is 1.29. The lowest BCUT2D eigenvalue weighted by Crippen LogP contribution is -2.37. The zero-order valence-electron chi connectivity index (χ0n) is 13.5. The fourth-order valence-electron chi connectivity index (χ4n) is 2.81. The number of amides is 1. The molecule has 6 heteroatoms. The number of aryl methyl sites for hydroxylation is 1. The highest BCUT2D eigenvalue weighted by Gasteiger charge is 2.27. The summed E-state index contributed by atoms with van der Waals surface area (Å²) in [5.74, 6) is 0.845. The van der Waals surface area contributed by atoms with Gasteiger partial charge in [0.05, 0.1) is 17.7 Å². The van der Waals surface area contributed by atoms with Crippen LogP contribution in [-0.2, 0) is 11.3 Å². The van der Waals surface area contributed by atoms with Gasteiger partial charge in [0.1, 0.15) is 0 Å². The van der Waals surface area contributed by atoms with E-state index in [-0.39, 0.29) is 5.91 Å². The number of rotatable bonds is 6. The number of likely N-dealkylation sites (N-methyl/N-ethyl adjacent to an activating group) is 1. The topological polar surface area (TPSA) is 39.7 Å². The van der Waals surface area contributed by atoms with Gasteiger partial charge in [0.2, 0.25) is 5.91 Å². The van der Waals surface area contributed by atoms with Gasteiger partial charge in [0, 0.05) is 31.1 Å². The van der Waals surface area contributed by atoms with Gasteiger partial charge in [-0.1, -0.05) is 0 Å². The Morgan fingerprint density at radius 3 is 2.86 bits per heavy atom. The second-order valence-electron chi connectivity index (χ2n) is 6.29. The molecule has 21 heavy (non-hydrogen) atoms. The number of hydrogen-bond donors (Lipinski definition) is 0. The Morgan fingerprint density at radius 2 is 2.24 bits per heavy atom. The van der Waals surface area contributed by atoms with Crippen LogP contribution < -0.4 is 0 Å². The molecule has 1 fully saturated rings. The summed E-state index contributed by atoms with van der Waals surface area (Å²) in [6.07, 6.45) is 1.12. The van der Waals surface area contributed by atoms with Crippen molar-refractivity contribution in [3.8, 4) is 0 Å². The Hall–Kier alpha value is -0.980. The third kappa shape index (κ3) is 4.76. The van der Waals surface area contributed by atoms with E-state index in [0.29, 0.717) is 12.5 Å². The Kier molecular flexibility index (Phi) is 5.72. The fourth-order valence-corrected chi connectivity index (χ4v) is 3.66. The van der Waals surface area contributed by atoms with Crippen molar-refractivity contribution in [3.63, 3.8) is 0 Å². The monoisotopic (exact) mass is 310 g/mol. The van der Waals surface area contributed by atoms with E-state index in [1.54, 1.807) is 11.3 Å². The van der Waals surface area contributed by atoms with Gasteiger partial charge in [0.15, 0.2) is 0 Å². The van der Waals surface area contributed by atoms with Crippen LogP contribution in [0, 0.1) is 12.8 Å². The van der Waals surface area contributed by atoms with Gasteiger partial charge < -0.3 is 14.7 Å². The van der Waals surface area contributed by atoms with E-state index < -0.39 is 0 Å². The molecule has 1 atom stereocenters. The predicted molar refractivity (Wildman–Crippen MR) is 86.4 cm³/mol. The van der Waals surface area contributed by atoms with E-state index in [9.17, 15) is 4.79 Å². The summed E-state index contributed by atoms with van der Waals surface area (Å²) in [4.78, 5) is 24.0. The zero-order valence-corrected chi connectivity index (χ0v) is 14.3. The van der Waals surface area contributed by atoms with E-state index in [1.807, 2.05) is 29.4 Å². The Morgan fingerprint density at radius 1 is 1.48 bits per heavy atom. The molecule has 1 aromatic heterocycles. The number of nitrogens with zero attached hydrogens (tertiary/aromatic N) is 4. The van der Waals surface area contributed by atoms with Crippen molar-refractivity contribution in [2.24, 2.45) is 5.92 Å². The molecule has 0 bridgehead atoms. The standard InChI is InChI=1S/C15H26N4OS/c1-12-14(21-11-16-12)9-18(4)7-13-5-6-19(8-13)15(20)10-17(2)3/h11,13H,5-10H2,1-4H3/t13-/m1/s1. The molecule has 2 heterocycles. The molecule has 2 rings (SSSR count). The average Bonchev–Trinajstić information content (AvgIpc) is 2.99. The smallest absolute Gasteiger partial charge is 0.236 e. The highest BCUT2D eigenvalue weighted by atomic mass is 32.1. The fraction of sp³-hybridized carbons (Fsp3) is 0.733. The summed E-state index contributed by atoms with van der Waals surface area (Å²) in [5.41, 5.74) is 3.05. The Balaban J connectivity index is 1.77. The third-order valence-corrected chi connectivity index (χ3v) is 4.84. The van der Waals surface area contributed by atoms with E-state index in [2.05, 4.69) is 23.9 Å². The van der Waals surface area contributed by atoms with Gasteiger partial charge in [-0.3, -0.25) is 4.79 Å². The first-order chi connectivity index (χ1) is 9.95. The molecule has 1 aliphatic heterocycles. The van der Waals surface area contributed by atoms with Gasteiger partial charge in [0.25, 0.3) is 0 Å². The van der Waals surface area contributed by atoms with E-state index in [0.717, 1.165) is 38.3 Å². The van der Waals surface area contributed by atoms with Crippen molar-refractivity contribution in [2.75, 3.05) is 47.3 Å². The van der Waals surface area contributed by atoms with Crippen LogP contribution in [0.5, 0.6) is 0 Å². The SMILES string of the molecule is Cc1ncsc1CN(C)C[C@H]1CCN(C(=O)CN(C)C)C1. The van der Waals surface area contributed by atoms with Crippen molar-refractivity contribution in [2.45, 2.75) is 19.9 Å². The largest absolute Gasteiger partial charge is 0.341 e. The third-order valence-electron chi connectivity index (χ3n) is 3.92. The van der Waals surface area contributed by atoms with Crippen molar-refractivity contribution in [3.05, 3.63) is 16.1 Å². The molecule has 0 N–H and O–H groups in total. The van der Waals surface area contributed by atoms with Crippen LogP contribution >= 0.6 is 11.3 Å². The summed E-state index contributed by atoms with van der Waals surface area (Å²) in [6.45, 7) is 6.39. The second kappa shape index (κ2) is 7.33. The number of thiazole rings is 1. The first-order valence-corrected chi connectivity index (χ1v) is 8.33. The van der Waals surface area contributed by atoms with Crippen LogP contribution in [0.3, 0.4) is 0 Å². The average molecular weight is 310 g/mol. The maximum Gasteiger partial charge on any atom is 0.236 e. The molecular weight excluding hydrogens is 284 g/mol. The van der Waals surface area contributed by atoms with E-state index in [4.69, 9.17) is 0 Å². The van der Waals surface area contributed by atoms with Crippen molar-refractivity contribution >= 4 is 17.2 Å². The Bertz CT molecular complexity index is 474. The van der Waals surface area contributed by atoms with Crippen molar-refractivity contribution < 1.29 is 4.79 Å². The van der Waals surface area contributed by atoms with Gasteiger partial charge in [-0.25, -0.2) is 4.98 Å². The second-order valence-corrected chi connectivity index (χ2v) is 7.23. The summed E-state index contributed by atoms with van der Waals surface area (Å²) in [5, 5.41) is 0. The summed E-state index contributed by atoms with van der Waals surface area (Å²) >= 11 is 1.73.